The zero-order valence-corrected chi connectivity index (χ0v) is 20.6. The van der Waals surface area contributed by atoms with Crippen molar-refractivity contribution < 1.29 is 42.1 Å². The topological polar surface area (TPSA) is 175 Å². The van der Waals surface area contributed by atoms with Gasteiger partial charge < -0.3 is 14.8 Å². The van der Waals surface area contributed by atoms with E-state index in [-0.39, 0.29) is 22.3 Å². The number of hydrogen-bond donors (Lipinski definition) is 2. The van der Waals surface area contributed by atoms with Gasteiger partial charge in [-0.15, -0.1) is 0 Å². The van der Waals surface area contributed by atoms with Crippen molar-refractivity contribution in [2.75, 3.05) is 12.4 Å². The van der Waals surface area contributed by atoms with Gasteiger partial charge in [-0.3, -0.25) is 29.8 Å². The lowest BCUT2D eigenvalue weighted by molar-refractivity contribution is -0.394. The predicted molar refractivity (Wildman–Crippen MR) is 134 cm³/mol. The van der Waals surface area contributed by atoms with E-state index in [1.807, 2.05) is 10.7 Å². The molecule has 0 saturated carbocycles. The van der Waals surface area contributed by atoms with Crippen molar-refractivity contribution in [3.05, 3.63) is 91.0 Å². The fourth-order valence-electron chi connectivity index (χ4n) is 3.01. The van der Waals surface area contributed by atoms with E-state index in [1.165, 1.54) is 25.3 Å². The molecule has 0 radical (unpaired) electrons. The number of halogens is 4. The maximum Gasteiger partial charge on any atom is 0.416 e. The van der Waals surface area contributed by atoms with Gasteiger partial charge in [0.1, 0.15) is 0 Å². The minimum absolute atomic E-state index is 0.00187. The highest BCUT2D eigenvalue weighted by Crippen LogP contribution is 2.38. The number of nitrogens with one attached hydrogen (secondary N) is 2. The van der Waals surface area contributed by atoms with E-state index in [1.54, 1.807) is 0 Å². The minimum Gasteiger partial charge on any atom is -0.493 e. The van der Waals surface area contributed by atoms with Crippen LogP contribution in [-0.2, 0) is 15.8 Å². The van der Waals surface area contributed by atoms with E-state index in [4.69, 9.17) is 21.1 Å². The molecule has 40 heavy (non-hydrogen) atoms. The smallest absolute Gasteiger partial charge is 0.416 e. The van der Waals surface area contributed by atoms with Gasteiger partial charge in [0.05, 0.1) is 45.5 Å². The van der Waals surface area contributed by atoms with Gasteiger partial charge in [-0.2, -0.15) is 18.3 Å². The molecule has 0 aliphatic rings. The van der Waals surface area contributed by atoms with Crippen LogP contribution in [0.25, 0.3) is 0 Å². The highest BCUT2D eigenvalue weighted by atomic mass is 35.5. The Morgan fingerprint density at radius 1 is 0.950 bits per heavy atom. The Hall–Kier alpha value is -5.25. The van der Waals surface area contributed by atoms with E-state index >= 15 is 0 Å². The summed E-state index contributed by atoms with van der Waals surface area (Å²) < 4.78 is 49.3. The molecule has 2 amide bonds. The van der Waals surface area contributed by atoms with Crippen LogP contribution in [0.2, 0.25) is 5.02 Å². The molecule has 3 rings (SSSR count). The number of methoxy groups -OCH3 is 1. The average Bonchev–Trinajstić information content (AvgIpc) is 2.89. The van der Waals surface area contributed by atoms with Gasteiger partial charge in [-0.25, -0.2) is 5.43 Å². The molecule has 0 spiro atoms. The van der Waals surface area contributed by atoms with Crippen LogP contribution in [0.3, 0.4) is 0 Å². The van der Waals surface area contributed by atoms with Crippen molar-refractivity contribution in [2.24, 2.45) is 5.10 Å². The molecule has 0 atom stereocenters. The van der Waals surface area contributed by atoms with Gasteiger partial charge in [-0.1, -0.05) is 11.6 Å². The van der Waals surface area contributed by atoms with Crippen LogP contribution < -0.4 is 20.2 Å². The molecule has 0 unspecified atom stereocenters. The van der Waals surface area contributed by atoms with E-state index in [0.29, 0.717) is 17.7 Å². The van der Waals surface area contributed by atoms with Gasteiger partial charge >= 0.3 is 23.7 Å². The average molecular weight is 582 g/mol. The molecule has 0 aliphatic carbocycles. The number of benzene rings is 3. The zero-order chi connectivity index (χ0) is 29.6. The van der Waals surface area contributed by atoms with E-state index < -0.39 is 50.5 Å². The maximum atomic E-state index is 12.9. The number of rotatable bonds is 8. The van der Waals surface area contributed by atoms with Crippen LogP contribution in [0.4, 0.5) is 30.2 Å². The second-order valence-corrected chi connectivity index (χ2v) is 7.93. The zero-order valence-electron chi connectivity index (χ0n) is 19.9. The molecule has 0 bridgehead atoms. The summed E-state index contributed by atoms with van der Waals surface area (Å²) in [6.45, 7) is 0. The lowest BCUT2D eigenvalue weighted by atomic mass is 10.2. The number of nitro groups is 2. The van der Waals surface area contributed by atoms with E-state index in [9.17, 15) is 43.0 Å². The summed E-state index contributed by atoms with van der Waals surface area (Å²) in [5.41, 5.74) is -0.502. The van der Waals surface area contributed by atoms with E-state index in [2.05, 4.69) is 5.10 Å². The molecule has 0 aliphatic heterocycles. The molecule has 17 heteroatoms. The first-order valence-corrected chi connectivity index (χ1v) is 11.0. The van der Waals surface area contributed by atoms with E-state index in [0.717, 1.165) is 30.5 Å². The number of carbonyl (C=O) groups is 2. The monoisotopic (exact) mass is 581 g/mol. The van der Waals surface area contributed by atoms with Crippen molar-refractivity contribution >= 4 is 46.7 Å². The maximum absolute atomic E-state index is 12.9. The first-order chi connectivity index (χ1) is 18.8. The number of alkyl halides is 3. The fourth-order valence-corrected chi connectivity index (χ4v) is 3.17. The number of anilines is 1. The lowest BCUT2D eigenvalue weighted by Gasteiger charge is -2.11. The number of carbonyl (C=O) groups excluding carboxylic acids is 2. The second-order valence-electron chi connectivity index (χ2n) is 7.52. The molecule has 0 fully saturated rings. The normalized spacial score (nSPS) is 11.1. The fraction of sp³-hybridized carbons (Fsp3) is 0.0870. The van der Waals surface area contributed by atoms with Crippen molar-refractivity contribution in [2.45, 2.75) is 6.18 Å². The molecule has 3 aromatic carbocycles. The Balaban J connectivity index is 1.70. The van der Waals surface area contributed by atoms with Crippen LogP contribution in [0, 0.1) is 20.2 Å². The first kappa shape index (κ1) is 29.3. The number of non-ortho nitro benzene ring substituents is 1. The summed E-state index contributed by atoms with van der Waals surface area (Å²) >= 11 is 5.79. The molecule has 0 heterocycles. The third-order valence-electron chi connectivity index (χ3n) is 4.89. The van der Waals surface area contributed by atoms with Gasteiger partial charge in [0.25, 0.3) is 5.69 Å². The number of hydrazone groups is 1. The Bertz CT molecular complexity index is 1530. The lowest BCUT2D eigenvalue weighted by Crippen LogP contribution is -2.32. The minimum atomic E-state index is -4.70. The number of nitro benzene ring substituents is 2. The summed E-state index contributed by atoms with van der Waals surface area (Å²) in [5, 5.41) is 27.6. The third-order valence-corrected chi connectivity index (χ3v) is 5.22. The molecule has 13 nitrogen and oxygen atoms in total. The Morgan fingerprint density at radius 3 is 2.27 bits per heavy atom. The Kier molecular flexibility index (Phi) is 8.85. The van der Waals surface area contributed by atoms with Gasteiger partial charge in [-0.05, 0) is 48.0 Å². The molecule has 0 aromatic heterocycles. The Labute approximate surface area is 226 Å². The summed E-state index contributed by atoms with van der Waals surface area (Å²) in [7, 11) is 1.26. The van der Waals surface area contributed by atoms with Gasteiger partial charge in [0.15, 0.2) is 11.5 Å². The highest BCUT2D eigenvalue weighted by Gasteiger charge is 2.31. The SMILES string of the molecule is COc1cc(/C=N/NC(=O)C(=O)Nc2cc(C(F)(F)F)ccc2Cl)ccc1Oc1ccc([N+](=O)[O-])cc1[N+](=O)[O-]. The number of nitrogens with zero attached hydrogens (tertiary/aromatic N) is 3. The van der Waals surface area contributed by atoms with Crippen molar-refractivity contribution in [1.29, 1.82) is 0 Å². The molecular weight excluding hydrogens is 567 g/mol. The summed E-state index contributed by atoms with van der Waals surface area (Å²) in [6, 6.07) is 9.08. The highest BCUT2D eigenvalue weighted by molar-refractivity contribution is 6.41. The second kappa shape index (κ2) is 12.1. The molecular formula is C23H15ClF3N5O8. The number of ether oxygens (including phenoxy) is 2. The van der Waals surface area contributed by atoms with Crippen LogP contribution in [0.5, 0.6) is 17.2 Å². The summed E-state index contributed by atoms with van der Waals surface area (Å²) in [5.74, 6) is -2.90. The van der Waals surface area contributed by atoms with Crippen LogP contribution >= 0.6 is 11.6 Å². The van der Waals surface area contributed by atoms with Gasteiger partial charge in [0.2, 0.25) is 5.75 Å². The standard InChI is InChI=1S/C23H15ClF3N5O8/c1-39-20-8-12(2-6-19(20)40-18-7-4-14(31(35)36)10-17(18)32(37)38)11-28-30-22(34)21(33)29-16-9-13(23(25,26)27)3-5-15(16)24/h2-11H,1H3,(H,29,33)(H,30,34)/b28-11+. The van der Waals surface area contributed by atoms with Crippen LogP contribution in [0.15, 0.2) is 59.7 Å². The Morgan fingerprint density at radius 2 is 1.65 bits per heavy atom. The van der Waals surface area contributed by atoms with Crippen LogP contribution in [-0.4, -0.2) is 35.0 Å². The summed E-state index contributed by atoms with van der Waals surface area (Å²) in [6.07, 6.45) is -3.61. The molecule has 2 N–H and O–H groups in total. The number of amides is 2. The van der Waals surface area contributed by atoms with Crippen molar-refractivity contribution in [3.63, 3.8) is 0 Å². The largest absolute Gasteiger partial charge is 0.493 e. The van der Waals surface area contributed by atoms with Crippen LogP contribution in [0.1, 0.15) is 11.1 Å². The molecule has 3 aromatic rings. The summed E-state index contributed by atoms with van der Waals surface area (Å²) in [4.78, 5) is 44.7. The third kappa shape index (κ3) is 7.19. The number of hydrogen-bond acceptors (Lipinski definition) is 9. The van der Waals surface area contributed by atoms with Crippen molar-refractivity contribution in [3.8, 4) is 17.2 Å². The quantitative estimate of drug-likeness (QED) is 0.160. The van der Waals surface area contributed by atoms with Crippen molar-refractivity contribution in [1.82, 2.24) is 5.43 Å². The molecule has 0 saturated heterocycles. The molecule has 208 valence electrons. The predicted octanol–water partition coefficient (Wildman–Crippen LogP) is 5.06. The van der Waals surface area contributed by atoms with Gasteiger partial charge in [0, 0.05) is 6.07 Å². The first-order valence-electron chi connectivity index (χ1n) is 10.6.